The van der Waals surface area contributed by atoms with Crippen LogP contribution in [0.2, 0.25) is 0 Å². The molecule has 0 aliphatic heterocycles. The highest BCUT2D eigenvalue weighted by Crippen LogP contribution is 2.39. The highest BCUT2D eigenvalue weighted by Gasteiger charge is 2.15. The Balaban J connectivity index is 2.44. The standard InChI is InChI=1S/C13H13N3OS/c1-9-11(8-14)13(16-6-7-17)18-12(9)10-2-4-15-5-3-10/h2-5,16-17H,6-7H2,1H3. The van der Waals surface area contributed by atoms with Gasteiger partial charge in [-0.05, 0) is 30.2 Å². The molecular formula is C13H13N3OS. The van der Waals surface area contributed by atoms with Gasteiger partial charge < -0.3 is 10.4 Å². The quantitative estimate of drug-likeness (QED) is 0.884. The molecule has 0 radical (unpaired) electrons. The topological polar surface area (TPSA) is 68.9 Å². The second-order valence-corrected chi connectivity index (χ2v) is 4.78. The number of nitrogens with one attached hydrogen (secondary N) is 1. The highest BCUT2D eigenvalue weighted by molar-refractivity contribution is 7.19. The third-order valence-corrected chi connectivity index (χ3v) is 3.90. The van der Waals surface area contributed by atoms with E-state index in [1.807, 2.05) is 19.1 Å². The van der Waals surface area contributed by atoms with Crippen LogP contribution in [-0.2, 0) is 0 Å². The van der Waals surface area contributed by atoms with Crippen molar-refractivity contribution in [3.05, 3.63) is 35.7 Å². The van der Waals surface area contributed by atoms with Crippen molar-refractivity contribution in [2.24, 2.45) is 0 Å². The average Bonchev–Trinajstić information content (AvgIpc) is 2.73. The Bertz CT molecular complexity index is 572. The Morgan fingerprint density at radius 3 is 2.78 bits per heavy atom. The molecule has 4 nitrogen and oxygen atoms in total. The van der Waals surface area contributed by atoms with Crippen molar-refractivity contribution in [1.29, 1.82) is 5.26 Å². The molecule has 0 aliphatic carbocycles. The van der Waals surface area contributed by atoms with E-state index in [1.54, 1.807) is 12.4 Å². The molecule has 92 valence electrons. The van der Waals surface area contributed by atoms with Crippen LogP contribution in [-0.4, -0.2) is 23.2 Å². The van der Waals surface area contributed by atoms with Gasteiger partial charge in [-0.15, -0.1) is 11.3 Å². The number of hydrogen-bond acceptors (Lipinski definition) is 5. The van der Waals surface area contributed by atoms with E-state index in [9.17, 15) is 5.26 Å². The first kappa shape index (κ1) is 12.6. The number of nitriles is 1. The minimum Gasteiger partial charge on any atom is -0.395 e. The second-order valence-electron chi connectivity index (χ2n) is 3.76. The van der Waals surface area contributed by atoms with Crippen molar-refractivity contribution in [1.82, 2.24) is 4.98 Å². The Hall–Kier alpha value is -1.90. The first-order valence-corrected chi connectivity index (χ1v) is 6.38. The van der Waals surface area contributed by atoms with Gasteiger partial charge in [0.25, 0.3) is 0 Å². The van der Waals surface area contributed by atoms with Gasteiger partial charge in [0, 0.05) is 23.8 Å². The molecule has 0 atom stereocenters. The van der Waals surface area contributed by atoms with E-state index >= 15 is 0 Å². The summed E-state index contributed by atoms with van der Waals surface area (Å²) in [6, 6.07) is 6.07. The van der Waals surface area contributed by atoms with Gasteiger partial charge in [-0.1, -0.05) is 0 Å². The summed E-state index contributed by atoms with van der Waals surface area (Å²) in [7, 11) is 0. The maximum absolute atomic E-state index is 9.20. The van der Waals surface area contributed by atoms with Crippen LogP contribution in [0.15, 0.2) is 24.5 Å². The minimum absolute atomic E-state index is 0.0480. The molecule has 0 saturated carbocycles. The van der Waals surface area contributed by atoms with Gasteiger partial charge in [-0.25, -0.2) is 0 Å². The normalized spacial score (nSPS) is 10.1. The van der Waals surface area contributed by atoms with E-state index in [4.69, 9.17) is 5.11 Å². The molecule has 0 unspecified atom stereocenters. The van der Waals surface area contributed by atoms with Gasteiger partial charge in [0.05, 0.1) is 12.2 Å². The molecule has 0 aliphatic rings. The first-order valence-electron chi connectivity index (χ1n) is 5.56. The Morgan fingerprint density at radius 2 is 2.17 bits per heavy atom. The smallest absolute Gasteiger partial charge is 0.107 e. The van der Waals surface area contributed by atoms with E-state index in [0.717, 1.165) is 21.0 Å². The summed E-state index contributed by atoms with van der Waals surface area (Å²) in [5.74, 6) is 0. The number of rotatable bonds is 4. The maximum atomic E-state index is 9.20. The molecule has 0 fully saturated rings. The molecule has 5 heteroatoms. The van der Waals surface area contributed by atoms with Crippen molar-refractivity contribution >= 4 is 16.3 Å². The fourth-order valence-electron chi connectivity index (χ4n) is 1.72. The zero-order chi connectivity index (χ0) is 13.0. The molecule has 0 bridgehead atoms. The lowest BCUT2D eigenvalue weighted by Gasteiger charge is -2.00. The number of aliphatic hydroxyl groups excluding tert-OH is 1. The van der Waals surface area contributed by atoms with E-state index in [1.165, 1.54) is 11.3 Å². The third-order valence-electron chi connectivity index (χ3n) is 2.60. The number of nitrogens with zero attached hydrogens (tertiary/aromatic N) is 2. The average molecular weight is 259 g/mol. The largest absolute Gasteiger partial charge is 0.395 e. The Labute approximate surface area is 110 Å². The molecule has 2 aromatic rings. The van der Waals surface area contributed by atoms with Crippen LogP contribution in [0, 0.1) is 18.3 Å². The molecule has 18 heavy (non-hydrogen) atoms. The number of aliphatic hydroxyl groups is 1. The maximum Gasteiger partial charge on any atom is 0.107 e. The lowest BCUT2D eigenvalue weighted by molar-refractivity contribution is 0.311. The fourth-order valence-corrected chi connectivity index (χ4v) is 2.91. The lowest BCUT2D eigenvalue weighted by atomic mass is 10.1. The molecule has 0 spiro atoms. The summed E-state index contributed by atoms with van der Waals surface area (Å²) < 4.78 is 0. The molecule has 2 rings (SSSR count). The van der Waals surface area contributed by atoms with Gasteiger partial charge >= 0.3 is 0 Å². The van der Waals surface area contributed by atoms with Crippen LogP contribution in [0.25, 0.3) is 10.4 Å². The summed E-state index contributed by atoms with van der Waals surface area (Å²) in [6.45, 7) is 2.44. The van der Waals surface area contributed by atoms with Crippen LogP contribution in [0.5, 0.6) is 0 Å². The van der Waals surface area contributed by atoms with Crippen molar-refractivity contribution in [2.75, 3.05) is 18.5 Å². The van der Waals surface area contributed by atoms with Crippen LogP contribution in [0.3, 0.4) is 0 Å². The van der Waals surface area contributed by atoms with Gasteiger partial charge in [0.15, 0.2) is 0 Å². The summed E-state index contributed by atoms with van der Waals surface area (Å²) in [4.78, 5) is 5.05. The van der Waals surface area contributed by atoms with Gasteiger partial charge in [0.1, 0.15) is 11.1 Å². The number of pyridine rings is 1. The van der Waals surface area contributed by atoms with E-state index in [0.29, 0.717) is 12.1 Å². The molecule has 2 aromatic heterocycles. The molecule has 0 aromatic carbocycles. The van der Waals surface area contributed by atoms with E-state index in [2.05, 4.69) is 16.4 Å². The fraction of sp³-hybridized carbons (Fsp3) is 0.231. The number of hydrogen-bond donors (Lipinski definition) is 2. The van der Waals surface area contributed by atoms with Gasteiger partial charge in [-0.2, -0.15) is 5.26 Å². The molecule has 2 N–H and O–H groups in total. The molecular weight excluding hydrogens is 246 g/mol. The Morgan fingerprint density at radius 1 is 1.44 bits per heavy atom. The minimum atomic E-state index is 0.0480. The summed E-state index contributed by atoms with van der Waals surface area (Å²) in [5, 5.41) is 21.9. The van der Waals surface area contributed by atoms with Crippen molar-refractivity contribution in [3.63, 3.8) is 0 Å². The second kappa shape index (κ2) is 5.63. The zero-order valence-electron chi connectivity index (χ0n) is 9.97. The first-order chi connectivity index (χ1) is 8.77. The SMILES string of the molecule is Cc1c(-c2ccncc2)sc(NCCO)c1C#N. The predicted octanol–water partition coefficient (Wildman–Crippen LogP) is 2.39. The molecule has 0 saturated heterocycles. The molecule has 2 heterocycles. The number of anilines is 1. The van der Waals surface area contributed by atoms with Crippen LogP contribution < -0.4 is 5.32 Å². The van der Waals surface area contributed by atoms with Crippen molar-refractivity contribution in [3.8, 4) is 16.5 Å². The summed E-state index contributed by atoms with van der Waals surface area (Å²) >= 11 is 1.53. The third kappa shape index (κ3) is 2.35. The van der Waals surface area contributed by atoms with Crippen molar-refractivity contribution < 1.29 is 5.11 Å². The lowest BCUT2D eigenvalue weighted by Crippen LogP contribution is -2.04. The molecule has 0 amide bonds. The van der Waals surface area contributed by atoms with Gasteiger partial charge in [0.2, 0.25) is 0 Å². The van der Waals surface area contributed by atoms with Crippen LogP contribution >= 0.6 is 11.3 Å². The highest BCUT2D eigenvalue weighted by atomic mass is 32.1. The predicted molar refractivity (Wildman–Crippen MR) is 72.6 cm³/mol. The summed E-state index contributed by atoms with van der Waals surface area (Å²) in [6.07, 6.45) is 3.47. The van der Waals surface area contributed by atoms with Crippen LogP contribution in [0.1, 0.15) is 11.1 Å². The zero-order valence-corrected chi connectivity index (χ0v) is 10.8. The number of aromatic nitrogens is 1. The van der Waals surface area contributed by atoms with E-state index < -0.39 is 0 Å². The Kier molecular flexibility index (Phi) is 3.92. The van der Waals surface area contributed by atoms with Crippen LogP contribution in [0.4, 0.5) is 5.00 Å². The monoisotopic (exact) mass is 259 g/mol. The summed E-state index contributed by atoms with van der Waals surface area (Å²) in [5.41, 5.74) is 2.68. The number of thiophene rings is 1. The van der Waals surface area contributed by atoms with Gasteiger partial charge in [-0.3, -0.25) is 4.98 Å². The van der Waals surface area contributed by atoms with Crippen molar-refractivity contribution in [2.45, 2.75) is 6.92 Å². The van der Waals surface area contributed by atoms with E-state index in [-0.39, 0.29) is 6.61 Å².